The summed E-state index contributed by atoms with van der Waals surface area (Å²) in [6.45, 7) is 2.81. The molecule has 0 bridgehead atoms. The minimum Gasteiger partial charge on any atom is -0.354 e. The Kier molecular flexibility index (Phi) is 4.11. The Morgan fingerprint density at radius 2 is 1.81 bits per heavy atom. The van der Waals surface area contributed by atoms with E-state index in [0.717, 1.165) is 26.1 Å². The Labute approximate surface area is 162 Å². The lowest BCUT2D eigenvalue weighted by atomic mass is 10.0. The third-order valence-electron chi connectivity index (χ3n) is 5.31. The highest BCUT2D eigenvalue weighted by atomic mass is 32.1. The summed E-state index contributed by atoms with van der Waals surface area (Å²) in [4.78, 5) is 13.6. The minimum atomic E-state index is 0.574. The molecule has 0 atom stereocenters. The van der Waals surface area contributed by atoms with E-state index >= 15 is 0 Å². The van der Waals surface area contributed by atoms with Crippen LogP contribution in [0.15, 0.2) is 60.8 Å². The SMILES string of the molecule is S=c1ncc2c([nH]1)CCN(Cc1c(-c3ccccc3)[nH]c3ccccc13)C2. The van der Waals surface area contributed by atoms with Crippen molar-refractivity contribution >= 4 is 23.1 Å². The highest BCUT2D eigenvalue weighted by Crippen LogP contribution is 2.32. The number of benzene rings is 2. The number of nitrogens with zero attached hydrogens (tertiary/aromatic N) is 2. The molecule has 0 radical (unpaired) electrons. The number of aromatic nitrogens is 3. The average molecular weight is 372 g/mol. The fourth-order valence-electron chi connectivity index (χ4n) is 3.98. The third-order valence-corrected chi connectivity index (χ3v) is 5.52. The predicted molar refractivity (Wildman–Crippen MR) is 111 cm³/mol. The van der Waals surface area contributed by atoms with E-state index in [-0.39, 0.29) is 0 Å². The Bertz CT molecular complexity index is 1160. The van der Waals surface area contributed by atoms with Gasteiger partial charge in [0.25, 0.3) is 0 Å². The molecule has 5 rings (SSSR count). The summed E-state index contributed by atoms with van der Waals surface area (Å²) < 4.78 is 0.574. The van der Waals surface area contributed by atoms with Crippen LogP contribution in [0.5, 0.6) is 0 Å². The average Bonchev–Trinajstić information content (AvgIpc) is 3.07. The minimum absolute atomic E-state index is 0.574. The number of rotatable bonds is 3. The fraction of sp³-hybridized carbons (Fsp3) is 0.182. The van der Waals surface area contributed by atoms with Gasteiger partial charge in [0, 0.05) is 54.4 Å². The molecule has 27 heavy (non-hydrogen) atoms. The van der Waals surface area contributed by atoms with Gasteiger partial charge in [0.05, 0.1) is 5.69 Å². The first-order valence-electron chi connectivity index (χ1n) is 9.22. The van der Waals surface area contributed by atoms with Crippen LogP contribution >= 0.6 is 12.2 Å². The van der Waals surface area contributed by atoms with E-state index in [9.17, 15) is 0 Å². The van der Waals surface area contributed by atoms with Crippen molar-refractivity contribution in [1.82, 2.24) is 19.9 Å². The fourth-order valence-corrected chi connectivity index (χ4v) is 4.16. The van der Waals surface area contributed by atoms with Crippen LogP contribution in [-0.2, 0) is 19.5 Å². The van der Waals surface area contributed by atoms with E-state index in [2.05, 4.69) is 74.4 Å². The van der Waals surface area contributed by atoms with Gasteiger partial charge >= 0.3 is 0 Å². The van der Waals surface area contributed by atoms with Crippen LogP contribution < -0.4 is 0 Å². The summed E-state index contributed by atoms with van der Waals surface area (Å²) in [5, 5.41) is 1.30. The molecule has 4 nitrogen and oxygen atoms in total. The number of hydrogen-bond acceptors (Lipinski definition) is 3. The second-order valence-corrected chi connectivity index (χ2v) is 7.43. The number of para-hydroxylation sites is 1. The maximum Gasteiger partial charge on any atom is 0.196 e. The first-order chi connectivity index (χ1) is 13.3. The normalized spacial score (nSPS) is 14.4. The quantitative estimate of drug-likeness (QED) is 0.506. The number of nitrogens with one attached hydrogen (secondary N) is 2. The molecule has 0 aliphatic carbocycles. The van der Waals surface area contributed by atoms with Crippen molar-refractivity contribution in [2.75, 3.05) is 6.54 Å². The molecule has 2 N–H and O–H groups in total. The maximum atomic E-state index is 5.16. The summed E-state index contributed by atoms with van der Waals surface area (Å²) in [5.41, 5.74) is 7.47. The molecule has 2 aromatic carbocycles. The molecule has 3 heterocycles. The van der Waals surface area contributed by atoms with Crippen molar-refractivity contribution < 1.29 is 0 Å². The van der Waals surface area contributed by atoms with E-state index in [1.807, 2.05) is 6.20 Å². The first kappa shape index (κ1) is 16.4. The van der Waals surface area contributed by atoms with Crippen LogP contribution in [0.25, 0.3) is 22.2 Å². The molecular weight excluding hydrogens is 352 g/mol. The zero-order valence-corrected chi connectivity index (χ0v) is 15.7. The van der Waals surface area contributed by atoms with Crippen LogP contribution in [0.3, 0.4) is 0 Å². The number of hydrogen-bond donors (Lipinski definition) is 2. The Balaban J connectivity index is 1.53. The molecule has 0 saturated carbocycles. The van der Waals surface area contributed by atoms with Crippen molar-refractivity contribution in [3.8, 4) is 11.3 Å². The first-order valence-corrected chi connectivity index (χ1v) is 9.63. The molecule has 1 aliphatic heterocycles. The molecule has 0 fully saturated rings. The van der Waals surface area contributed by atoms with E-state index in [0.29, 0.717) is 4.77 Å². The van der Waals surface area contributed by atoms with Crippen LogP contribution in [0, 0.1) is 4.77 Å². The lowest BCUT2D eigenvalue weighted by Gasteiger charge is -2.28. The van der Waals surface area contributed by atoms with Gasteiger partial charge in [-0.25, -0.2) is 4.98 Å². The predicted octanol–water partition coefficient (Wildman–Crippen LogP) is 4.85. The van der Waals surface area contributed by atoms with E-state index in [4.69, 9.17) is 12.2 Å². The summed E-state index contributed by atoms with van der Waals surface area (Å²) >= 11 is 5.16. The monoisotopic (exact) mass is 372 g/mol. The molecule has 2 aromatic heterocycles. The van der Waals surface area contributed by atoms with E-state index in [1.165, 1.54) is 39.0 Å². The molecular formula is C22H20N4S. The van der Waals surface area contributed by atoms with E-state index < -0.39 is 0 Å². The molecule has 0 amide bonds. The molecule has 0 spiro atoms. The standard InChI is InChI=1S/C22H20N4S/c27-22-23-12-16-13-26(11-10-19(16)25-22)14-18-17-8-4-5-9-20(17)24-21(18)15-6-2-1-3-7-15/h1-9,12,24H,10-11,13-14H2,(H,23,25,27). The number of fused-ring (bicyclic) bond motifs is 2. The van der Waals surface area contributed by atoms with Crippen LogP contribution in [0.1, 0.15) is 16.8 Å². The van der Waals surface area contributed by atoms with Gasteiger partial charge in [-0.15, -0.1) is 0 Å². The molecule has 134 valence electrons. The lowest BCUT2D eigenvalue weighted by Crippen LogP contribution is -2.31. The van der Waals surface area contributed by atoms with Crippen molar-refractivity contribution in [3.63, 3.8) is 0 Å². The van der Waals surface area contributed by atoms with Crippen molar-refractivity contribution in [2.45, 2.75) is 19.5 Å². The molecule has 1 aliphatic rings. The van der Waals surface area contributed by atoms with Gasteiger partial charge < -0.3 is 9.97 Å². The van der Waals surface area contributed by atoms with Crippen molar-refractivity contribution in [3.05, 3.63) is 82.4 Å². The van der Waals surface area contributed by atoms with Gasteiger partial charge in [-0.3, -0.25) is 4.90 Å². The Hall–Kier alpha value is -2.76. The third kappa shape index (κ3) is 3.09. The smallest absolute Gasteiger partial charge is 0.196 e. The molecule has 0 unspecified atom stereocenters. The highest BCUT2D eigenvalue weighted by molar-refractivity contribution is 7.71. The zero-order chi connectivity index (χ0) is 18.2. The summed E-state index contributed by atoms with van der Waals surface area (Å²) in [6.07, 6.45) is 2.90. The maximum absolute atomic E-state index is 5.16. The van der Waals surface area contributed by atoms with Gasteiger partial charge in [0.2, 0.25) is 0 Å². The second-order valence-electron chi connectivity index (χ2n) is 7.04. The van der Waals surface area contributed by atoms with E-state index in [1.54, 1.807) is 0 Å². The van der Waals surface area contributed by atoms with Crippen LogP contribution in [0.2, 0.25) is 0 Å². The summed E-state index contributed by atoms with van der Waals surface area (Å²) in [7, 11) is 0. The second kappa shape index (κ2) is 6.76. The molecule has 0 saturated heterocycles. The largest absolute Gasteiger partial charge is 0.354 e. The van der Waals surface area contributed by atoms with Gasteiger partial charge in [-0.05, 0) is 29.4 Å². The van der Waals surface area contributed by atoms with Crippen LogP contribution in [0.4, 0.5) is 0 Å². The lowest BCUT2D eigenvalue weighted by molar-refractivity contribution is 0.244. The molecule has 5 heteroatoms. The zero-order valence-electron chi connectivity index (χ0n) is 14.9. The summed E-state index contributed by atoms with van der Waals surface area (Å²) in [6, 6.07) is 19.2. The van der Waals surface area contributed by atoms with Gasteiger partial charge in [-0.1, -0.05) is 48.5 Å². The van der Waals surface area contributed by atoms with Crippen LogP contribution in [-0.4, -0.2) is 26.4 Å². The van der Waals surface area contributed by atoms with Gasteiger partial charge in [0.1, 0.15) is 0 Å². The molecule has 4 aromatic rings. The number of aromatic amines is 2. The summed E-state index contributed by atoms with van der Waals surface area (Å²) in [5.74, 6) is 0. The van der Waals surface area contributed by atoms with Gasteiger partial charge in [0.15, 0.2) is 4.77 Å². The van der Waals surface area contributed by atoms with Gasteiger partial charge in [-0.2, -0.15) is 0 Å². The Morgan fingerprint density at radius 1 is 1.00 bits per heavy atom. The number of H-pyrrole nitrogens is 2. The highest BCUT2D eigenvalue weighted by Gasteiger charge is 2.20. The topological polar surface area (TPSA) is 47.7 Å². The van der Waals surface area contributed by atoms with Crippen molar-refractivity contribution in [2.24, 2.45) is 0 Å². The Morgan fingerprint density at radius 3 is 2.70 bits per heavy atom. The van der Waals surface area contributed by atoms with Crippen molar-refractivity contribution in [1.29, 1.82) is 0 Å².